The molecule has 0 fully saturated rings. The second-order valence-corrected chi connectivity index (χ2v) is 3.49. The Morgan fingerprint density at radius 3 is 2.40 bits per heavy atom. The molecule has 0 bridgehead atoms. The van der Waals surface area contributed by atoms with E-state index in [0.717, 1.165) is 38.5 Å². The maximum Gasteiger partial charge on any atom is 0.235 e. The van der Waals surface area contributed by atoms with Gasteiger partial charge in [0, 0.05) is 0 Å². The molecular weight excluding hydrogens is 192 g/mol. The van der Waals surface area contributed by atoms with E-state index in [4.69, 9.17) is 0 Å². The van der Waals surface area contributed by atoms with Gasteiger partial charge in [0.15, 0.2) is 0 Å². The second-order valence-electron chi connectivity index (χ2n) is 3.49. The van der Waals surface area contributed by atoms with E-state index in [1.54, 1.807) is 6.08 Å². The predicted octanol–water partition coefficient (Wildman–Crippen LogP) is 2.39. The topological polar surface area (TPSA) is 58.9 Å². The summed E-state index contributed by atoms with van der Waals surface area (Å²) in [6.45, 7) is 2.63. The zero-order valence-electron chi connectivity index (χ0n) is 9.24. The molecule has 0 aromatic rings. The lowest BCUT2D eigenvalue weighted by Crippen LogP contribution is -2.04. The zero-order chi connectivity index (χ0) is 11.4. The number of rotatable bonds is 9. The fourth-order valence-electron chi connectivity index (χ4n) is 1.40. The fourth-order valence-corrected chi connectivity index (χ4v) is 1.40. The van der Waals surface area contributed by atoms with Crippen molar-refractivity contribution in [1.82, 2.24) is 0 Å². The van der Waals surface area contributed by atoms with E-state index in [2.05, 4.69) is 16.9 Å². The summed E-state index contributed by atoms with van der Waals surface area (Å²) < 4.78 is 0. The first kappa shape index (κ1) is 13.8. The molecule has 0 aliphatic carbocycles. The summed E-state index contributed by atoms with van der Waals surface area (Å²) >= 11 is 0. The van der Waals surface area contributed by atoms with Crippen molar-refractivity contribution < 1.29 is 9.59 Å². The van der Waals surface area contributed by atoms with Crippen LogP contribution in [-0.4, -0.2) is 24.7 Å². The quantitative estimate of drug-likeness (QED) is 0.333. The Labute approximate surface area is 90.5 Å². The predicted molar refractivity (Wildman–Crippen MR) is 58.3 cm³/mol. The molecule has 0 spiro atoms. The van der Waals surface area contributed by atoms with E-state index < -0.39 is 0 Å². The molecule has 0 radical (unpaired) electrons. The Balaban J connectivity index is 3.65. The molecule has 0 heterocycles. The molecule has 0 amide bonds. The van der Waals surface area contributed by atoms with E-state index in [1.807, 2.05) is 0 Å². The van der Waals surface area contributed by atoms with Gasteiger partial charge in [0.1, 0.15) is 0 Å². The third-order valence-corrected chi connectivity index (χ3v) is 2.25. The Bertz CT molecular complexity index is 241. The average Bonchev–Trinajstić information content (AvgIpc) is 2.25. The van der Waals surface area contributed by atoms with Crippen molar-refractivity contribution in [2.45, 2.75) is 51.5 Å². The lowest BCUT2D eigenvalue weighted by Gasteiger charge is -2.08. The van der Waals surface area contributed by atoms with Gasteiger partial charge in [0.25, 0.3) is 0 Å². The molecule has 0 saturated heterocycles. The van der Waals surface area contributed by atoms with Gasteiger partial charge in [-0.1, -0.05) is 19.8 Å². The largest absolute Gasteiger partial charge is 0.235 e. The van der Waals surface area contributed by atoms with Crippen LogP contribution in [-0.2, 0) is 9.59 Å². The van der Waals surface area contributed by atoms with Gasteiger partial charge in [-0.05, 0) is 25.7 Å². The number of hydrogen-bond donors (Lipinski definition) is 0. The second kappa shape index (κ2) is 10.8. The average molecular weight is 210 g/mol. The molecular formula is C11H18N2O2. The minimum Gasteiger partial charge on any atom is -0.211 e. The Morgan fingerprint density at radius 1 is 1.07 bits per heavy atom. The lowest BCUT2D eigenvalue weighted by atomic mass is 10.0. The molecule has 0 saturated carbocycles. The first-order valence-corrected chi connectivity index (χ1v) is 5.45. The van der Waals surface area contributed by atoms with Crippen molar-refractivity contribution in [2.75, 3.05) is 6.54 Å². The van der Waals surface area contributed by atoms with Crippen LogP contribution in [0.2, 0.25) is 0 Å². The first-order valence-electron chi connectivity index (χ1n) is 5.45. The number of aliphatic imine (C=N–C) groups is 2. The molecule has 15 heavy (non-hydrogen) atoms. The summed E-state index contributed by atoms with van der Waals surface area (Å²) in [6.07, 6.45) is 8.93. The van der Waals surface area contributed by atoms with Gasteiger partial charge < -0.3 is 0 Å². The summed E-state index contributed by atoms with van der Waals surface area (Å²) in [4.78, 5) is 27.2. The third-order valence-electron chi connectivity index (χ3n) is 2.25. The molecule has 84 valence electrons. The van der Waals surface area contributed by atoms with Gasteiger partial charge in [-0.25, -0.2) is 19.6 Å². The van der Waals surface area contributed by atoms with E-state index in [9.17, 15) is 9.59 Å². The molecule has 4 heteroatoms. The lowest BCUT2D eigenvalue weighted by molar-refractivity contribution is 0.504. The van der Waals surface area contributed by atoms with Crippen LogP contribution >= 0.6 is 0 Å². The summed E-state index contributed by atoms with van der Waals surface area (Å²) in [5.74, 6) is 0. The van der Waals surface area contributed by atoms with Crippen molar-refractivity contribution in [3.8, 4) is 0 Å². The zero-order valence-corrected chi connectivity index (χ0v) is 9.24. The molecule has 0 rings (SSSR count). The maximum absolute atomic E-state index is 10.2. The van der Waals surface area contributed by atoms with Crippen molar-refractivity contribution >= 4 is 12.2 Å². The highest BCUT2D eigenvalue weighted by molar-refractivity contribution is 5.33. The summed E-state index contributed by atoms with van der Waals surface area (Å²) in [5.41, 5.74) is 0. The normalized spacial score (nSPS) is 11.3. The van der Waals surface area contributed by atoms with Crippen molar-refractivity contribution in [3.63, 3.8) is 0 Å². The van der Waals surface area contributed by atoms with Gasteiger partial charge in [0.05, 0.1) is 12.6 Å². The molecule has 0 aliphatic heterocycles. The van der Waals surface area contributed by atoms with Crippen LogP contribution in [0.3, 0.4) is 0 Å². The van der Waals surface area contributed by atoms with Gasteiger partial charge in [-0.15, -0.1) is 0 Å². The SMILES string of the molecule is CCCCC(CCCCN=C=O)N=C=O. The fraction of sp³-hybridized carbons (Fsp3) is 0.818. The molecule has 0 aliphatic rings. The standard InChI is InChI=1S/C11H18N2O2/c1-2-3-6-11(13-10-15)7-4-5-8-12-9-14/h11H,2-8H2,1H3. The van der Waals surface area contributed by atoms with Crippen molar-refractivity contribution in [1.29, 1.82) is 0 Å². The molecule has 0 aromatic heterocycles. The number of hydrogen-bond acceptors (Lipinski definition) is 4. The van der Waals surface area contributed by atoms with Gasteiger partial charge in [-0.2, -0.15) is 0 Å². The maximum atomic E-state index is 10.2. The minimum absolute atomic E-state index is 0.0997. The van der Waals surface area contributed by atoms with Crippen molar-refractivity contribution in [3.05, 3.63) is 0 Å². The highest BCUT2D eigenvalue weighted by atomic mass is 16.1. The third kappa shape index (κ3) is 9.07. The number of nitrogens with zero attached hydrogens (tertiary/aromatic N) is 2. The first-order chi connectivity index (χ1) is 7.35. The molecule has 0 N–H and O–H groups in total. The summed E-state index contributed by atoms with van der Waals surface area (Å²) in [7, 11) is 0. The summed E-state index contributed by atoms with van der Waals surface area (Å²) in [5, 5.41) is 0. The van der Waals surface area contributed by atoms with Crippen LogP contribution in [0.25, 0.3) is 0 Å². The van der Waals surface area contributed by atoms with Crippen LogP contribution < -0.4 is 0 Å². The van der Waals surface area contributed by atoms with Crippen LogP contribution in [0, 0.1) is 0 Å². The monoisotopic (exact) mass is 210 g/mol. The van der Waals surface area contributed by atoms with E-state index in [0.29, 0.717) is 6.54 Å². The van der Waals surface area contributed by atoms with Crippen LogP contribution in [0.1, 0.15) is 45.4 Å². The molecule has 4 nitrogen and oxygen atoms in total. The number of unbranched alkanes of at least 4 members (excludes halogenated alkanes) is 2. The Kier molecular flexibility index (Phi) is 9.94. The smallest absolute Gasteiger partial charge is 0.211 e. The Hall–Kier alpha value is -1.24. The van der Waals surface area contributed by atoms with Crippen LogP contribution in [0.15, 0.2) is 9.98 Å². The van der Waals surface area contributed by atoms with E-state index >= 15 is 0 Å². The highest BCUT2D eigenvalue weighted by Crippen LogP contribution is 2.11. The minimum atomic E-state index is 0.0997. The van der Waals surface area contributed by atoms with Crippen molar-refractivity contribution in [2.24, 2.45) is 9.98 Å². The van der Waals surface area contributed by atoms with E-state index in [-0.39, 0.29) is 6.04 Å². The highest BCUT2D eigenvalue weighted by Gasteiger charge is 2.05. The van der Waals surface area contributed by atoms with E-state index in [1.165, 1.54) is 6.08 Å². The van der Waals surface area contributed by atoms with Gasteiger partial charge >= 0.3 is 0 Å². The molecule has 1 atom stereocenters. The summed E-state index contributed by atoms with van der Waals surface area (Å²) in [6, 6.07) is 0.0997. The van der Waals surface area contributed by atoms with Gasteiger partial charge in [0.2, 0.25) is 12.2 Å². The van der Waals surface area contributed by atoms with Gasteiger partial charge in [-0.3, -0.25) is 0 Å². The number of isocyanates is 2. The van der Waals surface area contributed by atoms with Crippen LogP contribution in [0.4, 0.5) is 0 Å². The Morgan fingerprint density at radius 2 is 1.80 bits per heavy atom. The number of carbonyl (C=O) groups excluding carboxylic acids is 2. The molecule has 0 aromatic carbocycles. The van der Waals surface area contributed by atoms with Crippen LogP contribution in [0.5, 0.6) is 0 Å². The molecule has 1 unspecified atom stereocenters.